The van der Waals surface area contributed by atoms with Crippen molar-refractivity contribution in [2.24, 2.45) is 0 Å². The first kappa shape index (κ1) is 15.9. The Labute approximate surface area is 125 Å². The molecule has 0 saturated heterocycles. The van der Waals surface area contributed by atoms with Crippen LogP contribution in [0.15, 0.2) is 24.3 Å². The second-order valence-corrected chi connectivity index (χ2v) is 5.79. The van der Waals surface area contributed by atoms with Gasteiger partial charge in [-0.15, -0.1) is 0 Å². The molecule has 0 heterocycles. The van der Waals surface area contributed by atoms with Crippen LogP contribution in [-0.4, -0.2) is 20.3 Å². The topological polar surface area (TPSA) is 21.3 Å². The molecule has 0 saturated carbocycles. The average molecular weight is 361 g/mol. The van der Waals surface area contributed by atoms with Crippen molar-refractivity contribution >= 4 is 22.6 Å². The van der Waals surface area contributed by atoms with Gasteiger partial charge in [-0.2, -0.15) is 0 Å². The summed E-state index contributed by atoms with van der Waals surface area (Å²) >= 11 is 2.35. The van der Waals surface area contributed by atoms with E-state index in [2.05, 4.69) is 59.1 Å². The van der Waals surface area contributed by atoms with E-state index in [1.807, 2.05) is 0 Å². The number of nitrogens with one attached hydrogen (secondary N) is 1. The van der Waals surface area contributed by atoms with Gasteiger partial charge in [0.05, 0.1) is 0 Å². The molecule has 0 fully saturated rings. The summed E-state index contributed by atoms with van der Waals surface area (Å²) in [6, 6.07) is 9.34. The maximum atomic E-state index is 5.10. The molecule has 0 radical (unpaired) electrons. The van der Waals surface area contributed by atoms with Crippen LogP contribution < -0.4 is 5.32 Å². The summed E-state index contributed by atoms with van der Waals surface area (Å²) in [4.78, 5) is 0. The normalized spacial score (nSPS) is 12.6. The minimum absolute atomic E-state index is 0.485. The second-order valence-electron chi connectivity index (χ2n) is 4.55. The van der Waals surface area contributed by atoms with E-state index in [-0.39, 0.29) is 0 Å². The summed E-state index contributed by atoms with van der Waals surface area (Å²) in [5.74, 6) is 0. The Morgan fingerprint density at radius 1 is 1.22 bits per heavy atom. The van der Waals surface area contributed by atoms with Gasteiger partial charge in [0.2, 0.25) is 0 Å². The number of hydrogen-bond donors (Lipinski definition) is 1. The second kappa shape index (κ2) is 9.75. The van der Waals surface area contributed by atoms with Gasteiger partial charge < -0.3 is 10.1 Å². The third-order valence-corrected chi connectivity index (χ3v) is 3.72. The molecule has 0 aliphatic carbocycles. The number of benzene rings is 1. The van der Waals surface area contributed by atoms with Crippen molar-refractivity contribution in [3.63, 3.8) is 0 Å². The van der Waals surface area contributed by atoms with E-state index in [1.165, 1.54) is 28.4 Å². The van der Waals surface area contributed by atoms with Crippen LogP contribution in [0.25, 0.3) is 0 Å². The largest absolute Gasteiger partial charge is 0.385 e. The molecule has 1 unspecified atom stereocenters. The van der Waals surface area contributed by atoms with Crippen molar-refractivity contribution in [3.8, 4) is 0 Å². The number of ether oxygens (including phenoxy) is 1. The summed E-state index contributed by atoms with van der Waals surface area (Å²) in [5, 5.41) is 3.64. The number of hydrogen-bond acceptors (Lipinski definition) is 2. The van der Waals surface area contributed by atoms with Crippen molar-refractivity contribution in [2.45, 2.75) is 38.6 Å². The molecule has 1 N–H and O–H groups in total. The highest BCUT2D eigenvalue weighted by molar-refractivity contribution is 14.1. The van der Waals surface area contributed by atoms with Crippen LogP contribution in [0.5, 0.6) is 0 Å². The molecule has 1 rings (SSSR count). The summed E-state index contributed by atoms with van der Waals surface area (Å²) in [6.07, 6.45) is 4.72. The first-order valence-electron chi connectivity index (χ1n) is 6.75. The molecule has 0 amide bonds. The van der Waals surface area contributed by atoms with Crippen molar-refractivity contribution < 1.29 is 4.74 Å². The molecular weight excluding hydrogens is 337 g/mol. The maximum Gasteiger partial charge on any atom is 0.0462 e. The van der Waals surface area contributed by atoms with E-state index in [1.54, 1.807) is 7.11 Å². The predicted molar refractivity (Wildman–Crippen MR) is 85.9 cm³/mol. The van der Waals surface area contributed by atoms with E-state index in [0.717, 1.165) is 19.6 Å². The predicted octanol–water partition coefficient (Wildman–Crippen LogP) is 4.15. The van der Waals surface area contributed by atoms with Crippen LogP contribution >= 0.6 is 22.6 Å². The SMILES string of the molecule is CCCNC(CCCCOC)c1ccc(I)cc1. The lowest BCUT2D eigenvalue weighted by Crippen LogP contribution is -2.22. The standard InChI is InChI=1S/C15H24INO/c1-3-11-17-15(6-4-5-12-18-2)13-7-9-14(16)10-8-13/h7-10,15,17H,3-6,11-12H2,1-2H3. The molecule has 102 valence electrons. The van der Waals surface area contributed by atoms with Crippen molar-refractivity contribution in [2.75, 3.05) is 20.3 Å². The average Bonchev–Trinajstić information content (AvgIpc) is 2.39. The molecule has 0 aliphatic rings. The number of methoxy groups -OCH3 is 1. The summed E-state index contributed by atoms with van der Waals surface area (Å²) < 4.78 is 6.40. The first-order valence-corrected chi connectivity index (χ1v) is 7.83. The van der Waals surface area contributed by atoms with Gasteiger partial charge >= 0.3 is 0 Å². The lowest BCUT2D eigenvalue weighted by molar-refractivity contribution is 0.191. The lowest BCUT2D eigenvalue weighted by atomic mass is 10.0. The Morgan fingerprint density at radius 3 is 2.56 bits per heavy atom. The van der Waals surface area contributed by atoms with Gasteiger partial charge in [-0.25, -0.2) is 0 Å². The first-order chi connectivity index (χ1) is 8.77. The Balaban J connectivity index is 2.51. The summed E-state index contributed by atoms with van der Waals surface area (Å²) in [7, 11) is 1.77. The van der Waals surface area contributed by atoms with Gasteiger partial charge in [-0.1, -0.05) is 19.1 Å². The zero-order valence-electron chi connectivity index (χ0n) is 11.4. The van der Waals surface area contributed by atoms with E-state index in [4.69, 9.17) is 4.74 Å². The van der Waals surface area contributed by atoms with Gasteiger partial charge in [0.15, 0.2) is 0 Å². The molecule has 1 aromatic carbocycles. The van der Waals surface area contributed by atoms with Gasteiger partial charge in [-0.3, -0.25) is 0 Å². The number of halogens is 1. The lowest BCUT2D eigenvalue weighted by Gasteiger charge is -2.19. The van der Waals surface area contributed by atoms with E-state index >= 15 is 0 Å². The van der Waals surface area contributed by atoms with Crippen molar-refractivity contribution in [3.05, 3.63) is 33.4 Å². The van der Waals surface area contributed by atoms with Crippen LogP contribution in [-0.2, 0) is 4.74 Å². The van der Waals surface area contributed by atoms with Crippen molar-refractivity contribution in [1.82, 2.24) is 5.32 Å². The highest BCUT2D eigenvalue weighted by Gasteiger charge is 2.09. The molecule has 0 spiro atoms. The third kappa shape index (κ3) is 6.16. The van der Waals surface area contributed by atoms with Crippen LogP contribution in [0.2, 0.25) is 0 Å². The van der Waals surface area contributed by atoms with E-state index < -0.39 is 0 Å². The smallest absolute Gasteiger partial charge is 0.0462 e. The molecule has 1 aromatic rings. The molecule has 0 aliphatic heterocycles. The monoisotopic (exact) mass is 361 g/mol. The fraction of sp³-hybridized carbons (Fsp3) is 0.600. The van der Waals surface area contributed by atoms with E-state index in [9.17, 15) is 0 Å². The number of rotatable bonds is 9. The molecule has 1 atom stereocenters. The third-order valence-electron chi connectivity index (χ3n) is 3.00. The molecule has 0 aromatic heterocycles. The van der Waals surface area contributed by atoms with Crippen LogP contribution in [0.1, 0.15) is 44.2 Å². The maximum absolute atomic E-state index is 5.10. The fourth-order valence-corrected chi connectivity index (χ4v) is 2.35. The number of unbranched alkanes of at least 4 members (excludes halogenated alkanes) is 1. The van der Waals surface area contributed by atoms with Gasteiger partial charge in [0.1, 0.15) is 0 Å². The summed E-state index contributed by atoms with van der Waals surface area (Å²) in [6.45, 7) is 4.16. The van der Waals surface area contributed by atoms with Gasteiger partial charge in [0, 0.05) is 23.3 Å². The zero-order chi connectivity index (χ0) is 13.2. The molecule has 2 nitrogen and oxygen atoms in total. The van der Waals surface area contributed by atoms with Crippen LogP contribution in [0.3, 0.4) is 0 Å². The highest BCUT2D eigenvalue weighted by atomic mass is 127. The Morgan fingerprint density at radius 2 is 1.94 bits per heavy atom. The minimum Gasteiger partial charge on any atom is -0.385 e. The highest BCUT2D eigenvalue weighted by Crippen LogP contribution is 2.20. The van der Waals surface area contributed by atoms with Gasteiger partial charge in [-0.05, 0) is 72.5 Å². The summed E-state index contributed by atoms with van der Waals surface area (Å²) in [5.41, 5.74) is 1.40. The van der Waals surface area contributed by atoms with Crippen molar-refractivity contribution in [1.29, 1.82) is 0 Å². The quantitative estimate of drug-likeness (QED) is 0.527. The zero-order valence-corrected chi connectivity index (χ0v) is 13.6. The minimum atomic E-state index is 0.485. The molecule has 18 heavy (non-hydrogen) atoms. The Hall–Kier alpha value is -0.130. The van der Waals surface area contributed by atoms with Gasteiger partial charge in [0.25, 0.3) is 0 Å². The Bertz CT molecular complexity index is 313. The molecule has 0 bridgehead atoms. The Kier molecular flexibility index (Phi) is 8.63. The van der Waals surface area contributed by atoms with Crippen LogP contribution in [0, 0.1) is 3.57 Å². The fourth-order valence-electron chi connectivity index (χ4n) is 2.00. The van der Waals surface area contributed by atoms with Crippen LogP contribution in [0.4, 0.5) is 0 Å². The van der Waals surface area contributed by atoms with E-state index in [0.29, 0.717) is 6.04 Å². The molecular formula is C15H24INO. The molecule has 3 heteroatoms.